The molecule has 0 aliphatic heterocycles. The van der Waals surface area contributed by atoms with Crippen LogP contribution in [-0.4, -0.2) is 0 Å². The van der Waals surface area contributed by atoms with Crippen LogP contribution in [0, 0.1) is 40.9 Å². The van der Waals surface area contributed by atoms with Crippen LogP contribution in [0.2, 0.25) is 0 Å². The lowest BCUT2D eigenvalue weighted by molar-refractivity contribution is -0.00719. The molecule has 0 saturated heterocycles. The number of rotatable bonds is 0. The lowest BCUT2D eigenvalue weighted by Gasteiger charge is -2.51. The summed E-state index contributed by atoms with van der Waals surface area (Å²) in [6, 6.07) is 0. The van der Waals surface area contributed by atoms with Crippen LogP contribution in [0.4, 0.5) is 0 Å². The Morgan fingerprint density at radius 2 is 1.73 bits per heavy atom. The minimum absolute atomic E-state index is 0.893. The Hall–Kier alpha value is -0.260. The summed E-state index contributed by atoms with van der Waals surface area (Å²) in [4.78, 5) is 0. The Balaban J connectivity index is 1.60. The van der Waals surface area contributed by atoms with E-state index in [9.17, 15) is 0 Å². The molecular weight excluding hydrogens is 180 g/mol. The van der Waals surface area contributed by atoms with Crippen LogP contribution in [0.25, 0.3) is 0 Å². The van der Waals surface area contributed by atoms with Gasteiger partial charge in [0, 0.05) is 0 Å². The third kappa shape index (κ3) is 0.707. The first-order chi connectivity index (χ1) is 7.37. The van der Waals surface area contributed by atoms with Gasteiger partial charge in [0.05, 0.1) is 0 Å². The van der Waals surface area contributed by atoms with E-state index >= 15 is 0 Å². The van der Waals surface area contributed by atoms with Gasteiger partial charge in [-0.1, -0.05) is 18.6 Å². The van der Waals surface area contributed by atoms with Crippen LogP contribution >= 0.6 is 0 Å². The summed E-state index contributed by atoms with van der Waals surface area (Å²) in [7, 11) is 0. The fourth-order valence-corrected chi connectivity index (χ4v) is 6.53. The molecule has 6 unspecified atom stereocenters. The molecule has 0 aromatic carbocycles. The van der Waals surface area contributed by atoms with E-state index in [2.05, 4.69) is 12.2 Å². The summed E-state index contributed by atoms with van der Waals surface area (Å²) in [5, 5.41) is 0. The van der Waals surface area contributed by atoms with Crippen molar-refractivity contribution in [3.05, 3.63) is 12.2 Å². The first-order valence-corrected chi connectivity index (χ1v) is 7.06. The minimum atomic E-state index is 0.893. The Morgan fingerprint density at radius 1 is 0.933 bits per heavy atom. The van der Waals surface area contributed by atoms with Crippen molar-refractivity contribution in [3.63, 3.8) is 0 Å². The van der Waals surface area contributed by atoms with Gasteiger partial charge in [0.1, 0.15) is 0 Å². The summed E-state index contributed by atoms with van der Waals surface area (Å²) in [6.07, 6.45) is 14.7. The lowest BCUT2D eigenvalue weighted by Crippen LogP contribution is -2.43. The van der Waals surface area contributed by atoms with Crippen molar-refractivity contribution in [1.29, 1.82) is 0 Å². The predicted octanol–water partition coefficient (Wildman–Crippen LogP) is 3.63. The van der Waals surface area contributed by atoms with Gasteiger partial charge in [0.2, 0.25) is 0 Å². The van der Waals surface area contributed by atoms with E-state index in [4.69, 9.17) is 0 Å². The summed E-state index contributed by atoms with van der Waals surface area (Å²) < 4.78 is 0. The fourth-order valence-electron chi connectivity index (χ4n) is 6.53. The van der Waals surface area contributed by atoms with Gasteiger partial charge in [-0.25, -0.2) is 0 Å². The maximum atomic E-state index is 2.58. The Morgan fingerprint density at radius 3 is 2.47 bits per heavy atom. The van der Waals surface area contributed by atoms with Crippen LogP contribution in [0.3, 0.4) is 0 Å². The molecule has 15 heavy (non-hydrogen) atoms. The molecule has 6 atom stereocenters. The second-order valence-corrected chi connectivity index (χ2v) is 7.13. The summed E-state index contributed by atoms with van der Waals surface area (Å²) in [5.74, 6) is 6.66. The third-order valence-corrected chi connectivity index (χ3v) is 6.95. The molecule has 0 aromatic rings. The van der Waals surface area contributed by atoms with E-state index in [0.717, 1.165) is 35.0 Å². The van der Waals surface area contributed by atoms with Crippen molar-refractivity contribution in [2.45, 2.75) is 38.5 Å². The highest BCUT2D eigenvalue weighted by Gasteiger charge is 2.66. The van der Waals surface area contributed by atoms with Gasteiger partial charge in [-0.15, -0.1) is 0 Å². The maximum Gasteiger partial charge on any atom is -0.0194 e. The molecule has 80 valence electrons. The van der Waals surface area contributed by atoms with E-state index < -0.39 is 0 Å². The smallest absolute Gasteiger partial charge is 0.0194 e. The van der Waals surface area contributed by atoms with Crippen molar-refractivity contribution in [2.24, 2.45) is 40.9 Å². The average molecular weight is 200 g/mol. The molecule has 5 aliphatic carbocycles. The topological polar surface area (TPSA) is 0 Å². The maximum absolute atomic E-state index is 2.58. The van der Waals surface area contributed by atoms with E-state index in [-0.39, 0.29) is 0 Å². The molecule has 0 heteroatoms. The molecule has 5 rings (SSSR count). The fraction of sp³-hybridized carbons (Fsp3) is 0.867. The van der Waals surface area contributed by atoms with Crippen molar-refractivity contribution in [1.82, 2.24) is 0 Å². The minimum Gasteiger partial charge on any atom is -0.0848 e. The molecule has 4 saturated carbocycles. The first-order valence-electron chi connectivity index (χ1n) is 7.06. The third-order valence-electron chi connectivity index (χ3n) is 6.95. The van der Waals surface area contributed by atoms with Gasteiger partial charge in [0.25, 0.3) is 0 Å². The molecule has 0 nitrogen and oxygen atoms in total. The SMILES string of the molecule is C1=CC2CC1C1C3CC(C21)C1(CCC1)C3. The highest BCUT2D eigenvalue weighted by atomic mass is 14.7. The van der Waals surface area contributed by atoms with Gasteiger partial charge in [0.15, 0.2) is 0 Å². The largest absolute Gasteiger partial charge is 0.0848 e. The van der Waals surface area contributed by atoms with Crippen LogP contribution in [0.15, 0.2) is 12.2 Å². The van der Waals surface area contributed by atoms with E-state index in [1.807, 2.05) is 0 Å². The van der Waals surface area contributed by atoms with Crippen LogP contribution in [0.1, 0.15) is 38.5 Å². The molecule has 5 aliphatic rings. The molecule has 0 radical (unpaired) electrons. The van der Waals surface area contributed by atoms with Crippen LogP contribution < -0.4 is 0 Å². The zero-order valence-corrected chi connectivity index (χ0v) is 9.36. The van der Waals surface area contributed by atoms with Gasteiger partial charge >= 0.3 is 0 Å². The van der Waals surface area contributed by atoms with E-state index in [1.165, 1.54) is 5.92 Å². The average Bonchev–Trinajstić information content (AvgIpc) is 2.92. The summed E-state index contributed by atoms with van der Waals surface area (Å²) in [6.45, 7) is 0. The molecule has 1 spiro atoms. The second kappa shape index (κ2) is 2.21. The van der Waals surface area contributed by atoms with Crippen molar-refractivity contribution >= 4 is 0 Å². The number of fused-ring (bicyclic) bond motifs is 10. The number of hydrogen-bond acceptors (Lipinski definition) is 0. The van der Waals surface area contributed by atoms with Crippen molar-refractivity contribution < 1.29 is 0 Å². The normalized spacial score (nSPS) is 61.3. The van der Waals surface area contributed by atoms with Gasteiger partial charge in [-0.3, -0.25) is 0 Å². The molecule has 4 fully saturated rings. The summed E-state index contributed by atoms with van der Waals surface area (Å²) >= 11 is 0. The molecule has 0 N–H and O–H groups in total. The molecule has 0 heterocycles. The van der Waals surface area contributed by atoms with Crippen LogP contribution in [-0.2, 0) is 0 Å². The second-order valence-electron chi connectivity index (χ2n) is 7.13. The Kier molecular flexibility index (Phi) is 1.17. The number of allylic oxidation sites excluding steroid dienone is 2. The molecule has 0 amide bonds. The lowest BCUT2D eigenvalue weighted by atomic mass is 9.54. The Labute approximate surface area is 92.1 Å². The highest BCUT2D eigenvalue weighted by molar-refractivity contribution is 5.23. The van der Waals surface area contributed by atoms with Crippen molar-refractivity contribution in [2.75, 3.05) is 0 Å². The molecule has 0 aromatic heterocycles. The highest BCUT2D eigenvalue weighted by Crippen LogP contribution is 2.74. The van der Waals surface area contributed by atoms with Gasteiger partial charge < -0.3 is 0 Å². The predicted molar refractivity (Wildman–Crippen MR) is 60.2 cm³/mol. The molecule has 4 bridgehead atoms. The van der Waals surface area contributed by atoms with Crippen LogP contribution in [0.5, 0.6) is 0 Å². The first kappa shape index (κ1) is 7.92. The zero-order chi connectivity index (χ0) is 9.62. The zero-order valence-electron chi connectivity index (χ0n) is 9.36. The summed E-state index contributed by atoms with van der Waals surface area (Å²) in [5.41, 5.74) is 0.893. The monoisotopic (exact) mass is 200 g/mol. The van der Waals surface area contributed by atoms with Crippen molar-refractivity contribution in [3.8, 4) is 0 Å². The standard InChI is InChI=1S/C15H20/c1-4-15(5-1)8-11-7-12(15)14-10-3-2-9(6-10)13(11)14/h2-3,9-14H,1,4-8H2. The molecular formula is C15H20. The van der Waals surface area contributed by atoms with E-state index in [1.54, 1.807) is 38.5 Å². The van der Waals surface area contributed by atoms with E-state index in [0.29, 0.717) is 0 Å². The quantitative estimate of drug-likeness (QED) is 0.414. The van der Waals surface area contributed by atoms with Gasteiger partial charge in [-0.2, -0.15) is 0 Å². The number of hydrogen-bond donors (Lipinski definition) is 0. The Bertz CT molecular complexity index is 349. The van der Waals surface area contributed by atoms with Gasteiger partial charge in [-0.05, 0) is 73.0 Å².